The molecule has 140 valence electrons. The number of para-hydroxylation sites is 1. The average molecular weight is 375 g/mol. The fraction of sp³-hybridized carbons (Fsp3) is 0.381. The lowest BCUT2D eigenvalue weighted by Crippen LogP contribution is -2.30. The Bertz CT molecular complexity index is 749. The van der Waals surface area contributed by atoms with Crippen LogP contribution in [0.3, 0.4) is 0 Å². The van der Waals surface area contributed by atoms with Gasteiger partial charge in [0.1, 0.15) is 5.75 Å². The lowest BCUT2D eigenvalue weighted by atomic mass is 9.97. The fourth-order valence-corrected chi connectivity index (χ4v) is 3.11. The van der Waals surface area contributed by atoms with E-state index in [9.17, 15) is 4.79 Å². The highest BCUT2D eigenvalue weighted by Gasteiger charge is 2.14. The zero-order chi connectivity index (χ0) is 19.1. The van der Waals surface area contributed by atoms with Gasteiger partial charge in [0.2, 0.25) is 5.91 Å². The van der Waals surface area contributed by atoms with Gasteiger partial charge >= 0.3 is 0 Å². The Labute approximate surface area is 161 Å². The van der Waals surface area contributed by atoms with Crippen LogP contribution in [-0.2, 0) is 11.3 Å². The monoisotopic (exact) mass is 374 g/mol. The number of ether oxygens (including phenoxy) is 1. The van der Waals surface area contributed by atoms with Crippen molar-refractivity contribution in [1.82, 2.24) is 4.90 Å². The number of halogens is 1. The molecule has 0 unspecified atom stereocenters. The molecule has 1 amide bonds. The number of carbonyl (C=O) groups is 1. The van der Waals surface area contributed by atoms with Crippen LogP contribution in [0.2, 0.25) is 5.02 Å². The summed E-state index contributed by atoms with van der Waals surface area (Å²) in [4.78, 5) is 14.4. The van der Waals surface area contributed by atoms with E-state index in [1.807, 2.05) is 42.3 Å². The number of nitrogens with one attached hydrogen (secondary N) is 1. The maximum atomic E-state index is 12.5. The van der Waals surface area contributed by atoms with Crippen molar-refractivity contribution in [3.8, 4) is 5.75 Å². The van der Waals surface area contributed by atoms with Crippen LogP contribution in [0.5, 0.6) is 5.75 Å². The Balaban J connectivity index is 2.01. The van der Waals surface area contributed by atoms with E-state index in [1.165, 1.54) is 5.56 Å². The summed E-state index contributed by atoms with van der Waals surface area (Å²) in [5, 5.41) is 3.70. The second kappa shape index (κ2) is 9.60. The van der Waals surface area contributed by atoms with E-state index in [0.717, 1.165) is 23.4 Å². The van der Waals surface area contributed by atoms with Crippen molar-refractivity contribution in [1.29, 1.82) is 0 Å². The highest BCUT2D eigenvalue weighted by atomic mass is 35.5. The summed E-state index contributed by atoms with van der Waals surface area (Å²) in [6, 6.07) is 13.5. The number of nitrogens with zero attached hydrogens (tertiary/aromatic N) is 1. The summed E-state index contributed by atoms with van der Waals surface area (Å²) >= 11 is 6.08. The summed E-state index contributed by atoms with van der Waals surface area (Å²) in [6.45, 7) is 5.17. The Morgan fingerprint density at radius 2 is 2.00 bits per heavy atom. The van der Waals surface area contributed by atoms with Gasteiger partial charge in [-0.3, -0.25) is 9.69 Å². The fourth-order valence-electron chi connectivity index (χ4n) is 2.91. The van der Waals surface area contributed by atoms with Crippen molar-refractivity contribution >= 4 is 23.2 Å². The molecule has 0 bridgehead atoms. The van der Waals surface area contributed by atoms with Crippen molar-refractivity contribution in [3.05, 3.63) is 58.6 Å². The Morgan fingerprint density at radius 3 is 2.69 bits per heavy atom. The number of likely N-dealkylation sites (N-methyl/N-ethyl adjacent to an activating group) is 1. The number of methoxy groups -OCH3 is 1. The lowest BCUT2D eigenvalue weighted by Gasteiger charge is -2.20. The quantitative estimate of drug-likeness (QED) is 0.712. The van der Waals surface area contributed by atoms with Gasteiger partial charge in [-0.05, 0) is 49.2 Å². The van der Waals surface area contributed by atoms with Crippen molar-refractivity contribution < 1.29 is 9.53 Å². The molecule has 0 saturated heterocycles. The van der Waals surface area contributed by atoms with Gasteiger partial charge in [-0.25, -0.2) is 0 Å². The zero-order valence-corrected chi connectivity index (χ0v) is 16.6. The third-order valence-electron chi connectivity index (χ3n) is 4.47. The Kier molecular flexibility index (Phi) is 7.49. The molecule has 0 heterocycles. The molecule has 0 fully saturated rings. The molecule has 2 rings (SSSR count). The standard InChI is InChI=1S/C21H27ClN2O2/c1-5-15(2)18-8-6-7-9-19(18)23-21(25)14-24(3)13-16-12-17(22)10-11-20(16)26-4/h6-12,15H,5,13-14H2,1-4H3,(H,23,25)/t15-/m0/s1. The van der Waals surface area contributed by atoms with Crippen LogP contribution >= 0.6 is 11.6 Å². The first-order valence-electron chi connectivity index (χ1n) is 8.84. The van der Waals surface area contributed by atoms with E-state index in [0.29, 0.717) is 17.5 Å². The molecule has 0 spiro atoms. The SMILES string of the molecule is CC[C@H](C)c1ccccc1NC(=O)CN(C)Cc1cc(Cl)ccc1OC. The van der Waals surface area contributed by atoms with E-state index < -0.39 is 0 Å². The molecule has 5 heteroatoms. The van der Waals surface area contributed by atoms with E-state index in [4.69, 9.17) is 16.3 Å². The van der Waals surface area contributed by atoms with Crippen molar-refractivity contribution in [2.45, 2.75) is 32.7 Å². The van der Waals surface area contributed by atoms with E-state index in [-0.39, 0.29) is 12.5 Å². The van der Waals surface area contributed by atoms with Gasteiger partial charge in [0.25, 0.3) is 0 Å². The van der Waals surface area contributed by atoms with Crippen LogP contribution in [0.1, 0.15) is 37.3 Å². The number of hydrogen-bond donors (Lipinski definition) is 1. The molecule has 0 aromatic heterocycles. The first-order chi connectivity index (χ1) is 12.4. The van der Waals surface area contributed by atoms with Crippen molar-refractivity contribution in [2.75, 3.05) is 26.0 Å². The number of hydrogen-bond acceptors (Lipinski definition) is 3. The van der Waals surface area contributed by atoms with Gasteiger partial charge in [0, 0.05) is 22.8 Å². The summed E-state index contributed by atoms with van der Waals surface area (Å²) in [6.07, 6.45) is 1.03. The average Bonchev–Trinajstić information content (AvgIpc) is 2.61. The summed E-state index contributed by atoms with van der Waals surface area (Å²) < 4.78 is 5.37. The molecule has 1 N–H and O–H groups in total. The molecule has 4 nitrogen and oxygen atoms in total. The molecule has 1 atom stereocenters. The van der Waals surface area contributed by atoms with Crippen LogP contribution in [0, 0.1) is 0 Å². The van der Waals surface area contributed by atoms with Crippen LogP contribution in [-0.4, -0.2) is 31.5 Å². The molecule has 0 saturated carbocycles. The lowest BCUT2D eigenvalue weighted by molar-refractivity contribution is -0.117. The molecule has 0 aliphatic rings. The highest BCUT2D eigenvalue weighted by molar-refractivity contribution is 6.30. The third-order valence-corrected chi connectivity index (χ3v) is 4.71. The molecule has 0 aliphatic heterocycles. The minimum absolute atomic E-state index is 0.0377. The molecule has 0 aliphatic carbocycles. The highest BCUT2D eigenvalue weighted by Crippen LogP contribution is 2.27. The van der Waals surface area contributed by atoms with E-state index in [1.54, 1.807) is 13.2 Å². The number of amides is 1. The summed E-state index contributed by atoms with van der Waals surface area (Å²) in [5.41, 5.74) is 3.01. The van der Waals surface area contributed by atoms with Crippen LogP contribution in [0.4, 0.5) is 5.69 Å². The molecular formula is C21H27ClN2O2. The first kappa shape index (κ1) is 20.3. The molecule has 26 heavy (non-hydrogen) atoms. The minimum atomic E-state index is -0.0377. The molecular weight excluding hydrogens is 348 g/mol. The van der Waals surface area contributed by atoms with Crippen LogP contribution < -0.4 is 10.1 Å². The van der Waals surface area contributed by atoms with Crippen LogP contribution in [0.25, 0.3) is 0 Å². The minimum Gasteiger partial charge on any atom is -0.496 e. The van der Waals surface area contributed by atoms with Crippen LogP contribution in [0.15, 0.2) is 42.5 Å². The second-order valence-corrected chi connectivity index (χ2v) is 7.01. The first-order valence-corrected chi connectivity index (χ1v) is 9.22. The van der Waals surface area contributed by atoms with Gasteiger partial charge < -0.3 is 10.1 Å². The van der Waals surface area contributed by atoms with Gasteiger partial charge in [-0.1, -0.05) is 43.6 Å². The van der Waals surface area contributed by atoms with E-state index in [2.05, 4.69) is 25.2 Å². The Hall–Kier alpha value is -2.04. The topological polar surface area (TPSA) is 41.6 Å². The number of benzene rings is 2. The number of carbonyl (C=O) groups excluding carboxylic acids is 1. The normalized spacial score (nSPS) is 12.1. The predicted molar refractivity (Wildman–Crippen MR) is 108 cm³/mol. The number of rotatable bonds is 8. The smallest absolute Gasteiger partial charge is 0.238 e. The van der Waals surface area contributed by atoms with Gasteiger partial charge in [0.05, 0.1) is 13.7 Å². The van der Waals surface area contributed by atoms with Crippen molar-refractivity contribution in [3.63, 3.8) is 0 Å². The van der Waals surface area contributed by atoms with Gasteiger partial charge in [-0.2, -0.15) is 0 Å². The van der Waals surface area contributed by atoms with Crippen molar-refractivity contribution in [2.24, 2.45) is 0 Å². The zero-order valence-electron chi connectivity index (χ0n) is 15.9. The second-order valence-electron chi connectivity index (χ2n) is 6.57. The maximum Gasteiger partial charge on any atom is 0.238 e. The number of anilines is 1. The molecule has 0 radical (unpaired) electrons. The molecule has 2 aromatic carbocycles. The maximum absolute atomic E-state index is 12.5. The van der Waals surface area contributed by atoms with Gasteiger partial charge in [-0.15, -0.1) is 0 Å². The predicted octanol–water partition coefficient (Wildman–Crippen LogP) is 4.93. The third kappa shape index (κ3) is 5.48. The summed E-state index contributed by atoms with van der Waals surface area (Å²) in [7, 11) is 3.53. The van der Waals surface area contributed by atoms with E-state index >= 15 is 0 Å². The molecule has 2 aromatic rings. The summed E-state index contributed by atoms with van der Waals surface area (Å²) in [5.74, 6) is 1.13. The Morgan fingerprint density at radius 1 is 1.27 bits per heavy atom. The largest absolute Gasteiger partial charge is 0.496 e. The van der Waals surface area contributed by atoms with Gasteiger partial charge in [0.15, 0.2) is 0 Å².